The first-order valence-corrected chi connectivity index (χ1v) is 7.82. The second-order valence-corrected chi connectivity index (χ2v) is 6.14. The Balaban J connectivity index is 2.30. The van der Waals surface area contributed by atoms with Crippen molar-refractivity contribution in [3.63, 3.8) is 0 Å². The van der Waals surface area contributed by atoms with Gasteiger partial charge in [0.05, 0.1) is 0 Å². The van der Waals surface area contributed by atoms with E-state index in [-0.39, 0.29) is 5.82 Å². The number of benzene rings is 1. The Hall–Kier alpha value is -0.450. The average Bonchev–Trinajstić information content (AvgIpc) is 2.42. The summed E-state index contributed by atoms with van der Waals surface area (Å²) in [5, 5.41) is 3.39. The lowest BCUT2D eigenvalue weighted by Gasteiger charge is -2.39. The molecule has 1 N–H and O–H groups in total. The lowest BCUT2D eigenvalue weighted by Crippen LogP contribution is -2.46. The lowest BCUT2D eigenvalue weighted by atomic mass is 9.90. The molecular weight excluding hydrogens is 307 g/mol. The minimum absolute atomic E-state index is 0.182. The molecule has 1 aliphatic rings. The van der Waals surface area contributed by atoms with Gasteiger partial charge in [0.2, 0.25) is 0 Å². The van der Waals surface area contributed by atoms with E-state index in [1.54, 1.807) is 12.1 Å². The van der Waals surface area contributed by atoms with Crippen molar-refractivity contribution in [3.05, 3.63) is 34.1 Å². The lowest BCUT2D eigenvalue weighted by molar-refractivity contribution is 0.128. The predicted molar refractivity (Wildman–Crippen MR) is 80.7 cm³/mol. The molecule has 0 radical (unpaired) electrons. The summed E-state index contributed by atoms with van der Waals surface area (Å²) in [7, 11) is 0. The van der Waals surface area contributed by atoms with Crippen LogP contribution in [0.3, 0.4) is 0 Å². The first-order valence-electron chi connectivity index (χ1n) is 7.03. The van der Waals surface area contributed by atoms with Gasteiger partial charge in [-0.3, -0.25) is 4.90 Å². The third-order valence-corrected chi connectivity index (χ3v) is 4.70. The third kappa shape index (κ3) is 3.56. The summed E-state index contributed by atoms with van der Waals surface area (Å²) in [6.07, 6.45) is 1.12. The van der Waals surface area contributed by atoms with Gasteiger partial charge in [0.1, 0.15) is 5.82 Å². The highest BCUT2D eigenvalue weighted by Gasteiger charge is 2.27. The van der Waals surface area contributed by atoms with Crippen LogP contribution in [0.15, 0.2) is 22.7 Å². The van der Waals surface area contributed by atoms with E-state index in [2.05, 4.69) is 40.0 Å². The van der Waals surface area contributed by atoms with Crippen molar-refractivity contribution in [1.29, 1.82) is 0 Å². The number of nitrogens with zero attached hydrogens (tertiary/aromatic N) is 1. The zero-order chi connectivity index (χ0) is 13.8. The number of piperazine rings is 1. The van der Waals surface area contributed by atoms with Crippen LogP contribution in [-0.4, -0.2) is 31.1 Å². The van der Waals surface area contributed by atoms with E-state index >= 15 is 0 Å². The molecule has 0 amide bonds. The number of hydrogen-bond donors (Lipinski definition) is 1. The van der Waals surface area contributed by atoms with Crippen LogP contribution >= 0.6 is 15.9 Å². The molecule has 0 aromatic heterocycles. The van der Waals surface area contributed by atoms with Gasteiger partial charge in [0.25, 0.3) is 0 Å². The number of halogens is 2. The van der Waals surface area contributed by atoms with Gasteiger partial charge in [0.15, 0.2) is 0 Å². The Morgan fingerprint density at radius 3 is 2.63 bits per heavy atom. The fourth-order valence-electron chi connectivity index (χ4n) is 2.79. The van der Waals surface area contributed by atoms with Gasteiger partial charge in [-0.05, 0) is 23.6 Å². The van der Waals surface area contributed by atoms with Gasteiger partial charge in [0, 0.05) is 36.7 Å². The van der Waals surface area contributed by atoms with Crippen LogP contribution in [0.1, 0.15) is 31.9 Å². The molecule has 0 spiro atoms. The Bertz CT molecular complexity index is 419. The molecule has 1 unspecified atom stereocenters. The highest BCUT2D eigenvalue weighted by atomic mass is 79.9. The summed E-state index contributed by atoms with van der Waals surface area (Å²) >= 11 is 3.53. The topological polar surface area (TPSA) is 15.3 Å². The molecular formula is C15H22BrFN2. The minimum Gasteiger partial charge on any atom is -0.314 e. The number of rotatable bonds is 4. The molecule has 1 aliphatic heterocycles. The van der Waals surface area contributed by atoms with Crippen molar-refractivity contribution in [2.45, 2.75) is 26.3 Å². The number of nitrogens with one attached hydrogen (secondary N) is 1. The smallest absolute Gasteiger partial charge is 0.124 e. The maximum Gasteiger partial charge on any atom is 0.124 e. The largest absolute Gasteiger partial charge is 0.314 e. The van der Waals surface area contributed by atoms with Gasteiger partial charge in [-0.1, -0.05) is 42.3 Å². The normalized spacial score (nSPS) is 20.2. The summed E-state index contributed by atoms with van der Waals surface area (Å²) < 4.78 is 14.2. The minimum atomic E-state index is -0.182. The zero-order valence-corrected chi connectivity index (χ0v) is 13.2. The summed E-state index contributed by atoms with van der Waals surface area (Å²) in [5.74, 6) is 0.374. The molecule has 1 aromatic rings. The zero-order valence-electron chi connectivity index (χ0n) is 11.6. The molecule has 106 valence electrons. The Morgan fingerprint density at radius 2 is 2.05 bits per heavy atom. The standard InChI is InChI=1S/C15H22BrFN2/c1-3-11(2)15(19-8-6-18-7-9-19)13-5-4-12(17)10-14(13)16/h4-5,10-11,15,18H,3,6-9H2,1-2H3/t11?,15-/m1/s1. The van der Waals surface area contributed by atoms with Crippen molar-refractivity contribution in [2.24, 2.45) is 5.92 Å². The van der Waals surface area contributed by atoms with Gasteiger partial charge in [-0.25, -0.2) is 4.39 Å². The maximum atomic E-state index is 13.3. The molecule has 1 heterocycles. The maximum absolute atomic E-state index is 13.3. The van der Waals surface area contributed by atoms with Gasteiger partial charge in [-0.2, -0.15) is 0 Å². The molecule has 1 aromatic carbocycles. The van der Waals surface area contributed by atoms with Crippen molar-refractivity contribution >= 4 is 15.9 Å². The molecule has 0 bridgehead atoms. The van der Waals surface area contributed by atoms with E-state index in [1.807, 2.05) is 6.07 Å². The van der Waals surface area contributed by atoms with Gasteiger partial charge in [-0.15, -0.1) is 0 Å². The van der Waals surface area contributed by atoms with Gasteiger partial charge >= 0.3 is 0 Å². The van der Waals surface area contributed by atoms with E-state index in [0.717, 1.165) is 37.1 Å². The molecule has 1 fully saturated rings. The molecule has 0 aliphatic carbocycles. The first-order chi connectivity index (χ1) is 9.13. The quantitative estimate of drug-likeness (QED) is 0.908. The van der Waals surface area contributed by atoms with Crippen molar-refractivity contribution in [1.82, 2.24) is 10.2 Å². The second-order valence-electron chi connectivity index (χ2n) is 5.28. The Morgan fingerprint density at radius 1 is 1.37 bits per heavy atom. The SMILES string of the molecule is CCC(C)[C@H](c1ccc(F)cc1Br)N1CCNCC1. The highest BCUT2D eigenvalue weighted by Crippen LogP contribution is 2.35. The van der Waals surface area contributed by atoms with Gasteiger partial charge < -0.3 is 5.32 Å². The predicted octanol–water partition coefficient (Wildman–Crippen LogP) is 3.58. The first kappa shape index (κ1) is 14.9. The van der Waals surface area contributed by atoms with E-state index < -0.39 is 0 Å². The highest BCUT2D eigenvalue weighted by molar-refractivity contribution is 9.10. The van der Waals surface area contributed by atoms with Crippen LogP contribution in [0, 0.1) is 11.7 Å². The van der Waals surface area contributed by atoms with Crippen LogP contribution < -0.4 is 5.32 Å². The molecule has 0 saturated carbocycles. The molecule has 19 heavy (non-hydrogen) atoms. The summed E-state index contributed by atoms with van der Waals surface area (Å²) in [6, 6.07) is 5.44. The van der Waals surface area contributed by atoms with Crippen LogP contribution in [0.4, 0.5) is 4.39 Å². The third-order valence-electron chi connectivity index (χ3n) is 4.01. The van der Waals surface area contributed by atoms with E-state index in [0.29, 0.717) is 12.0 Å². The van der Waals surface area contributed by atoms with Crippen molar-refractivity contribution < 1.29 is 4.39 Å². The van der Waals surface area contributed by atoms with Crippen LogP contribution in [-0.2, 0) is 0 Å². The van der Waals surface area contributed by atoms with Crippen molar-refractivity contribution in [2.75, 3.05) is 26.2 Å². The monoisotopic (exact) mass is 328 g/mol. The van der Waals surface area contributed by atoms with E-state index in [4.69, 9.17) is 0 Å². The molecule has 2 atom stereocenters. The second kappa shape index (κ2) is 6.82. The summed E-state index contributed by atoms with van der Waals surface area (Å²) in [4.78, 5) is 2.52. The summed E-state index contributed by atoms with van der Waals surface area (Å²) in [6.45, 7) is 8.68. The summed E-state index contributed by atoms with van der Waals surface area (Å²) in [5.41, 5.74) is 1.21. The van der Waals surface area contributed by atoms with Crippen molar-refractivity contribution in [3.8, 4) is 0 Å². The van der Waals surface area contributed by atoms with Crippen LogP contribution in [0.2, 0.25) is 0 Å². The van der Waals surface area contributed by atoms with E-state index in [1.165, 1.54) is 5.56 Å². The molecule has 1 saturated heterocycles. The molecule has 2 nitrogen and oxygen atoms in total. The average molecular weight is 329 g/mol. The fourth-order valence-corrected chi connectivity index (χ4v) is 3.37. The molecule has 2 rings (SSSR count). The fraction of sp³-hybridized carbons (Fsp3) is 0.600. The van der Waals surface area contributed by atoms with Crippen LogP contribution in [0.25, 0.3) is 0 Å². The Labute approximate surface area is 123 Å². The number of hydrogen-bond acceptors (Lipinski definition) is 2. The van der Waals surface area contributed by atoms with Crippen LogP contribution in [0.5, 0.6) is 0 Å². The Kier molecular flexibility index (Phi) is 5.37. The van der Waals surface area contributed by atoms with E-state index in [9.17, 15) is 4.39 Å². The molecule has 4 heteroatoms.